The molecule has 0 radical (unpaired) electrons. The molecular formula is C11H21N5O2S. The molecular weight excluding hydrogens is 266 g/mol. The molecule has 8 heteroatoms. The van der Waals surface area contributed by atoms with Gasteiger partial charge in [0, 0.05) is 38.4 Å². The van der Waals surface area contributed by atoms with E-state index >= 15 is 0 Å². The third-order valence-corrected chi connectivity index (χ3v) is 5.06. The number of piperidine rings is 1. The Balaban J connectivity index is 1.78. The molecule has 108 valence electrons. The van der Waals surface area contributed by atoms with Gasteiger partial charge in [-0.25, -0.2) is 9.71 Å². The van der Waals surface area contributed by atoms with Crippen LogP contribution in [-0.4, -0.2) is 48.9 Å². The molecule has 1 saturated heterocycles. The largest absolute Gasteiger partial charge is 0.349 e. The van der Waals surface area contributed by atoms with Gasteiger partial charge in [0.15, 0.2) is 0 Å². The summed E-state index contributed by atoms with van der Waals surface area (Å²) in [7, 11) is -3.37. The van der Waals surface area contributed by atoms with E-state index in [1.54, 1.807) is 12.4 Å². The number of imidazole rings is 1. The predicted molar refractivity (Wildman–Crippen MR) is 72.6 cm³/mol. The molecule has 2 heterocycles. The Morgan fingerprint density at radius 2 is 2.21 bits per heavy atom. The molecule has 2 rings (SSSR count). The Morgan fingerprint density at radius 3 is 2.79 bits per heavy atom. The summed E-state index contributed by atoms with van der Waals surface area (Å²) in [5.74, 6) is 1.24. The van der Waals surface area contributed by atoms with Gasteiger partial charge in [0.1, 0.15) is 5.82 Å². The molecule has 19 heavy (non-hydrogen) atoms. The zero-order chi connectivity index (χ0) is 13.7. The molecule has 0 amide bonds. The lowest BCUT2D eigenvalue weighted by Crippen LogP contribution is -2.46. The Bertz CT molecular complexity index is 465. The van der Waals surface area contributed by atoms with Crippen molar-refractivity contribution in [3.63, 3.8) is 0 Å². The number of nitrogens with zero attached hydrogens (tertiary/aromatic N) is 2. The van der Waals surface area contributed by atoms with Gasteiger partial charge in [0.05, 0.1) is 0 Å². The van der Waals surface area contributed by atoms with Crippen molar-refractivity contribution in [2.75, 3.05) is 26.2 Å². The van der Waals surface area contributed by atoms with Gasteiger partial charge in [-0.15, -0.1) is 0 Å². The minimum atomic E-state index is -3.37. The quantitative estimate of drug-likeness (QED) is 0.653. The summed E-state index contributed by atoms with van der Waals surface area (Å²) < 4.78 is 28.2. The summed E-state index contributed by atoms with van der Waals surface area (Å²) in [6.45, 7) is 2.10. The smallest absolute Gasteiger partial charge is 0.279 e. The van der Waals surface area contributed by atoms with Crippen LogP contribution in [0.4, 0.5) is 0 Å². The lowest BCUT2D eigenvalue weighted by atomic mass is 9.99. The first-order chi connectivity index (χ1) is 9.12. The lowest BCUT2D eigenvalue weighted by Gasteiger charge is -2.30. The maximum Gasteiger partial charge on any atom is 0.279 e. The van der Waals surface area contributed by atoms with E-state index in [1.807, 2.05) is 0 Å². The monoisotopic (exact) mass is 287 g/mol. The van der Waals surface area contributed by atoms with Crippen molar-refractivity contribution in [1.29, 1.82) is 0 Å². The molecule has 0 unspecified atom stereocenters. The van der Waals surface area contributed by atoms with Gasteiger partial charge in [-0.2, -0.15) is 12.7 Å². The SMILES string of the molecule is NCC1CCN(S(=O)(=O)NCCc2ncc[nH]2)CC1. The van der Waals surface area contributed by atoms with Crippen LogP contribution in [0.1, 0.15) is 18.7 Å². The number of hydrogen-bond acceptors (Lipinski definition) is 4. The van der Waals surface area contributed by atoms with E-state index in [4.69, 9.17) is 5.73 Å². The van der Waals surface area contributed by atoms with E-state index < -0.39 is 10.2 Å². The van der Waals surface area contributed by atoms with Gasteiger partial charge in [0.2, 0.25) is 0 Å². The van der Waals surface area contributed by atoms with Crippen molar-refractivity contribution in [3.8, 4) is 0 Å². The van der Waals surface area contributed by atoms with Crippen molar-refractivity contribution >= 4 is 10.2 Å². The zero-order valence-electron chi connectivity index (χ0n) is 10.9. The van der Waals surface area contributed by atoms with Crippen molar-refractivity contribution in [1.82, 2.24) is 19.0 Å². The molecule has 1 aromatic heterocycles. The predicted octanol–water partition coefficient (Wildman–Crippen LogP) is -0.543. The normalized spacial score (nSPS) is 18.8. The molecule has 0 aliphatic carbocycles. The minimum Gasteiger partial charge on any atom is -0.349 e. The fourth-order valence-corrected chi connectivity index (χ4v) is 3.44. The molecule has 0 saturated carbocycles. The van der Waals surface area contributed by atoms with E-state index in [0.29, 0.717) is 38.5 Å². The highest BCUT2D eigenvalue weighted by molar-refractivity contribution is 7.87. The molecule has 0 atom stereocenters. The molecule has 1 fully saturated rings. The molecule has 1 aliphatic rings. The average Bonchev–Trinajstić information content (AvgIpc) is 2.92. The second-order valence-corrected chi connectivity index (χ2v) is 6.52. The molecule has 0 aromatic carbocycles. The summed E-state index contributed by atoms with van der Waals surface area (Å²) in [6, 6.07) is 0. The summed E-state index contributed by atoms with van der Waals surface area (Å²) in [6.07, 6.45) is 5.62. The molecule has 4 N–H and O–H groups in total. The van der Waals surface area contributed by atoms with E-state index in [2.05, 4.69) is 14.7 Å². The van der Waals surface area contributed by atoms with Crippen molar-refractivity contribution in [2.45, 2.75) is 19.3 Å². The van der Waals surface area contributed by atoms with Gasteiger partial charge in [-0.05, 0) is 25.3 Å². The Morgan fingerprint density at radius 1 is 1.47 bits per heavy atom. The summed E-state index contributed by atoms with van der Waals surface area (Å²) in [4.78, 5) is 6.99. The Kier molecular flexibility index (Phi) is 4.92. The second kappa shape index (κ2) is 6.47. The molecule has 7 nitrogen and oxygen atoms in total. The number of nitrogens with one attached hydrogen (secondary N) is 2. The lowest BCUT2D eigenvalue weighted by molar-refractivity contribution is 0.276. The number of rotatable bonds is 6. The number of hydrogen-bond donors (Lipinski definition) is 3. The van der Waals surface area contributed by atoms with Gasteiger partial charge in [-0.1, -0.05) is 0 Å². The number of H-pyrrole nitrogens is 1. The second-order valence-electron chi connectivity index (χ2n) is 4.76. The number of aromatic amines is 1. The van der Waals surface area contributed by atoms with Crippen molar-refractivity contribution in [3.05, 3.63) is 18.2 Å². The first-order valence-electron chi connectivity index (χ1n) is 6.55. The van der Waals surface area contributed by atoms with E-state index in [9.17, 15) is 8.42 Å². The van der Waals surface area contributed by atoms with E-state index in [1.165, 1.54) is 4.31 Å². The van der Waals surface area contributed by atoms with Crippen LogP contribution in [0.5, 0.6) is 0 Å². The van der Waals surface area contributed by atoms with Crippen LogP contribution in [0.15, 0.2) is 12.4 Å². The molecule has 1 aliphatic heterocycles. The highest BCUT2D eigenvalue weighted by atomic mass is 32.2. The van der Waals surface area contributed by atoms with Crippen molar-refractivity contribution < 1.29 is 8.42 Å². The fourth-order valence-electron chi connectivity index (χ4n) is 2.21. The van der Waals surface area contributed by atoms with Crippen LogP contribution < -0.4 is 10.5 Å². The van der Waals surface area contributed by atoms with Crippen LogP contribution in [0.2, 0.25) is 0 Å². The number of aromatic nitrogens is 2. The number of nitrogens with two attached hydrogens (primary N) is 1. The van der Waals surface area contributed by atoms with E-state index in [0.717, 1.165) is 18.7 Å². The summed E-state index contributed by atoms with van der Waals surface area (Å²) >= 11 is 0. The van der Waals surface area contributed by atoms with E-state index in [-0.39, 0.29) is 0 Å². The van der Waals surface area contributed by atoms with Crippen LogP contribution in [0.25, 0.3) is 0 Å². The van der Waals surface area contributed by atoms with Crippen LogP contribution in [0.3, 0.4) is 0 Å². The molecule has 1 aromatic rings. The average molecular weight is 287 g/mol. The first-order valence-corrected chi connectivity index (χ1v) is 7.99. The Labute approximate surface area is 113 Å². The van der Waals surface area contributed by atoms with Crippen LogP contribution in [0, 0.1) is 5.92 Å². The maximum atomic E-state index is 12.1. The summed E-state index contributed by atoms with van der Waals surface area (Å²) in [5.41, 5.74) is 5.60. The van der Waals surface area contributed by atoms with Gasteiger partial charge >= 0.3 is 0 Å². The fraction of sp³-hybridized carbons (Fsp3) is 0.727. The molecule has 0 spiro atoms. The highest BCUT2D eigenvalue weighted by Gasteiger charge is 2.26. The highest BCUT2D eigenvalue weighted by Crippen LogP contribution is 2.17. The zero-order valence-corrected chi connectivity index (χ0v) is 11.7. The van der Waals surface area contributed by atoms with Crippen molar-refractivity contribution in [2.24, 2.45) is 11.7 Å². The maximum absolute atomic E-state index is 12.1. The van der Waals surface area contributed by atoms with Gasteiger partial charge in [-0.3, -0.25) is 0 Å². The summed E-state index contributed by atoms with van der Waals surface area (Å²) in [5, 5.41) is 0. The standard InChI is InChI=1S/C11H21N5O2S/c12-9-10-2-7-16(8-3-10)19(17,18)15-4-1-11-13-5-6-14-11/h5-6,10,15H,1-4,7-9,12H2,(H,13,14). The van der Waals surface area contributed by atoms with Gasteiger partial charge in [0.25, 0.3) is 10.2 Å². The van der Waals surface area contributed by atoms with Gasteiger partial charge < -0.3 is 10.7 Å². The molecule has 0 bridgehead atoms. The first kappa shape index (κ1) is 14.4. The third kappa shape index (κ3) is 4.00. The third-order valence-electron chi connectivity index (χ3n) is 3.45. The van der Waals surface area contributed by atoms with Crippen LogP contribution >= 0.6 is 0 Å². The minimum absolute atomic E-state index is 0.354. The van der Waals surface area contributed by atoms with Crippen LogP contribution in [-0.2, 0) is 16.6 Å². The Hall–Kier alpha value is -0.960. The topological polar surface area (TPSA) is 104 Å².